The van der Waals surface area contributed by atoms with Crippen LogP contribution in [0.5, 0.6) is 5.75 Å². The second-order valence-corrected chi connectivity index (χ2v) is 5.15. The van der Waals surface area contributed by atoms with Crippen molar-refractivity contribution in [2.45, 2.75) is 12.8 Å². The first kappa shape index (κ1) is 13.4. The molecule has 2 aromatic rings. The zero-order valence-corrected chi connectivity index (χ0v) is 11.3. The maximum absolute atomic E-state index is 11.9. The van der Waals surface area contributed by atoms with Gasteiger partial charge in [-0.1, -0.05) is 13.0 Å². The van der Waals surface area contributed by atoms with Crippen LogP contribution >= 0.6 is 11.3 Å². The van der Waals surface area contributed by atoms with E-state index < -0.39 is 0 Å². The number of thiazole rings is 1. The van der Waals surface area contributed by atoms with Crippen molar-refractivity contribution in [1.82, 2.24) is 10.3 Å². The van der Waals surface area contributed by atoms with Crippen molar-refractivity contribution in [1.29, 1.82) is 0 Å². The highest BCUT2D eigenvalue weighted by atomic mass is 32.1. The van der Waals surface area contributed by atoms with E-state index in [0.29, 0.717) is 6.54 Å². The van der Waals surface area contributed by atoms with E-state index in [1.165, 1.54) is 6.07 Å². The lowest BCUT2D eigenvalue weighted by molar-refractivity contribution is 0.0949. The molecule has 0 saturated carbocycles. The van der Waals surface area contributed by atoms with E-state index in [4.69, 9.17) is 5.73 Å². The molecule has 0 radical (unpaired) electrons. The first-order valence-electron chi connectivity index (χ1n) is 5.84. The fourth-order valence-electron chi connectivity index (χ4n) is 1.65. The Kier molecular flexibility index (Phi) is 4.01. The van der Waals surface area contributed by atoms with Crippen LogP contribution in [-0.4, -0.2) is 22.5 Å². The first-order valence-corrected chi connectivity index (χ1v) is 6.72. The Balaban J connectivity index is 2.00. The van der Waals surface area contributed by atoms with Gasteiger partial charge in [0.1, 0.15) is 0 Å². The quantitative estimate of drug-likeness (QED) is 0.589. The Morgan fingerprint density at radius 2 is 2.37 bits per heavy atom. The number of nitrogens with two attached hydrogens (primary N) is 1. The number of carbonyl (C=O) groups excluding carboxylic acids is 1. The normalized spacial score (nSPS) is 12.1. The summed E-state index contributed by atoms with van der Waals surface area (Å²) < 4.78 is 0. The van der Waals surface area contributed by atoms with E-state index >= 15 is 0 Å². The molecule has 0 aliphatic heterocycles. The van der Waals surface area contributed by atoms with Gasteiger partial charge in [0.05, 0.1) is 16.3 Å². The number of rotatable bonds is 4. The molecule has 0 saturated heterocycles. The van der Waals surface area contributed by atoms with Crippen LogP contribution in [0.2, 0.25) is 0 Å². The number of carbonyl (C=O) groups is 1. The first-order chi connectivity index (χ1) is 9.09. The fourth-order valence-corrected chi connectivity index (χ4v) is 2.35. The number of nitrogens with one attached hydrogen (secondary N) is 1. The summed E-state index contributed by atoms with van der Waals surface area (Å²) in [5.74, 6) is -0.387. The number of hydrogen-bond donors (Lipinski definition) is 3. The van der Waals surface area contributed by atoms with Crippen LogP contribution in [0.3, 0.4) is 0 Å². The molecule has 1 heterocycles. The van der Waals surface area contributed by atoms with Gasteiger partial charge in [-0.25, -0.2) is 4.98 Å². The molecule has 0 bridgehead atoms. The predicted molar refractivity (Wildman–Crippen MR) is 75.4 cm³/mol. The number of hydrogen-bond acceptors (Lipinski definition) is 5. The summed E-state index contributed by atoms with van der Waals surface area (Å²) in [7, 11) is 0. The lowest BCUT2D eigenvalue weighted by Gasteiger charge is -2.11. The minimum Gasteiger partial charge on any atom is -0.505 e. The highest BCUT2D eigenvalue weighted by molar-refractivity contribution is 7.09. The second-order valence-electron chi connectivity index (χ2n) is 4.22. The van der Waals surface area contributed by atoms with Gasteiger partial charge in [0.25, 0.3) is 5.91 Å². The third-order valence-electron chi connectivity index (χ3n) is 2.75. The molecule has 5 nitrogen and oxygen atoms in total. The highest BCUT2D eigenvalue weighted by Gasteiger charge is 2.15. The molecule has 1 atom stereocenters. The van der Waals surface area contributed by atoms with E-state index in [0.717, 1.165) is 5.01 Å². The average molecular weight is 277 g/mol. The lowest BCUT2D eigenvalue weighted by Crippen LogP contribution is -2.27. The highest BCUT2D eigenvalue weighted by Crippen LogP contribution is 2.24. The van der Waals surface area contributed by atoms with Gasteiger partial charge in [0.15, 0.2) is 5.75 Å². The van der Waals surface area contributed by atoms with Crippen LogP contribution in [0.25, 0.3) is 0 Å². The van der Waals surface area contributed by atoms with Crippen molar-refractivity contribution in [2.75, 3.05) is 12.3 Å². The van der Waals surface area contributed by atoms with Crippen molar-refractivity contribution in [2.24, 2.45) is 0 Å². The number of para-hydroxylation sites is 1. The smallest absolute Gasteiger partial charge is 0.255 e. The molecule has 0 fully saturated rings. The molecule has 4 N–H and O–H groups in total. The molecule has 19 heavy (non-hydrogen) atoms. The molecule has 6 heteroatoms. The maximum atomic E-state index is 11.9. The van der Waals surface area contributed by atoms with Crippen LogP contribution < -0.4 is 11.1 Å². The zero-order chi connectivity index (χ0) is 13.8. The van der Waals surface area contributed by atoms with Gasteiger partial charge < -0.3 is 16.2 Å². The third-order valence-corrected chi connectivity index (χ3v) is 3.76. The number of benzene rings is 1. The molecule has 1 aromatic carbocycles. The number of nitrogen functional groups attached to an aromatic ring is 1. The van der Waals surface area contributed by atoms with E-state index in [9.17, 15) is 9.90 Å². The summed E-state index contributed by atoms with van der Waals surface area (Å²) in [6.07, 6.45) is 1.74. The minimum absolute atomic E-state index is 0.132. The number of nitrogens with zero attached hydrogens (tertiary/aromatic N) is 1. The van der Waals surface area contributed by atoms with E-state index in [-0.39, 0.29) is 28.8 Å². The molecule has 0 aliphatic rings. The van der Waals surface area contributed by atoms with Crippen molar-refractivity contribution in [3.8, 4) is 5.75 Å². The number of phenolic OH excluding ortho intramolecular Hbond substituents is 1. The largest absolute Gasteiger partial charge is 0.505 e. The van der Waals surface area contributed by atoms with Crippen LogP contribution in [0.1, 0.15) is 28.2 Å². The van der Waals surface area contributed by atoms with E-state index in [1.807, 2.05) is 12.3 Å². The van der Waals surface area contributed by atoms with Gasteiger partial charge in [-0.2, -0.15) is 0 Å². The minimum atomic E-state index is -0.340. The summed E-state index contributed by atoms with van der Waals surface area (Å²) in [6.45, 7) is 2.44. The van der Waals surface area contributed by atoms with Gasteiger partial charge in [-0.05, 0) is 12.1 Å². The molecular formula is C13H15N3O2S. The van der Waals surface area contributed by atoms with Crippen molar-refractivity contribution in [3.63, 3.8) is 0 Å². The number of aromatic hydroxyl groups is 1. The predicted octanol–water partition coefficient (Wildman–Crippen LogP) is 1.96. The summed E-state index contributed by atoms with van der Waals surface area (Å²) >= 11 is 1.55. The molecule has 1 amide bonds. The van der Waals surface area contributed by atoms with Gasteiger partial charge in [-0.15, -0.1) is 11.3 Å². The molecule has 0 spiro atoms. The van der Waals surface area contributed by atoms with Gasteiger partial charge in [0.2, 0.25) is 0 Å². The Morgan fingerprint density at radius 3 is 3.05 bits per heavy atom. The molecule has 2 rings (SSSR count). The average Bonchev–Trinajstić information content (AvgIpc) is 2.93. The molecule has 0 aliphatic carbocycles. The standard InChI is InChI=1S/C13H15N3O2S/c1-8(13-15-5-6-19-13)7-16-12(18)9-3-2-4-10(14)11(9)17/h2-6,8,17H,7,14H2,1H3,(H,16,18). The summed E-state index contributed by atoms with van der Waals surface area (Å²) in [4.78, 5) is 16.1. The number of anilines is 1. The van der Waals surface area contributed by atoms with Gasteiger partial charge in [0, 0.05) is 24.0 Å². The fraction of sp³-hybridized carbons (Fsp3) is 0.231. The maximum Gasteiger partial charge on any atom is 0.255 e. The Labute approximate surface area is 115 Å². The zero-order valence-electron chi connectivity index (χ0n) is 10.5. The van der Waals surface area contributed by atoms with Crippen LogP contribution in [-0.2, 0) is 0 Å². The van der Waals surface area contributed by atoms with Crippen LogP contribution in [0, 0.1) is 0 Å². The lowest BCUT2D eigenvalue weighted by atomic mass is 10.1. The Morgan fingerprint density at radius 1 is 1.58 bits per heavy atom. The SMILES string of the molecule is CC(CNC(=O)c1cccc(N)c1O)c1nccs1. The monoisotopic (exact) mass is 277 g/mol. The number of amides is 1. The van der Waals surface area contributed by atoms with Gasteiger partial charge >= 0.3 is 0 Å². The number of phenols is 1. The molecule has 1 aromatic heterocycles. The topological polar surface area (TPSA) is 88.2 Å². The van der Waals surface area contributed by atoms with Crippen molar-refractivity contribution in [3.05, 3.63) is 40.3 Å². The van der Waals surface area contributed by atoms with Gasteiger partial charge in [-0.3, -0.25) is 4.79 Å². The summed E-state index contributed by atoms with van der Waals surface area (Å²) in [5.41, 5.74) is 5.93. The molecular weight excluding hydrogens is 262 g/mol. The van der Waals surface area contributed by atoms with E-state index in [2.05, 4.69) is 10.3 Å². The van der Waals surface area contributed by atoms with Crippen LogP contribution in [0.4, 0.5) is 5.69 Å². The Hall–Kier alpha value is -2.08. The summed E-state index contributed by atoms with van der Waals surface area (Å²) in [5, 5.41) is 15.4. The number of aromatic nitrogens is 1. The second kappa shape index (κ2) is 5.71. The third kappa shape index (κ3) is 3.03. The molecule has 100 valence electrons. The van der Waals surface area contributed by atoms with Crippen LogP contribution in [0.15, 0.2) is 29.8 Å². The van der Waals surface area contributed by atoms with Crippen molar-refractivity contribution >= 4 is 22.9 Å². The van der Waals surface area contributed by atoms with E-state index in [1.54, 1.807) is 29.7 Å². The van der Waals surface area contributed by atoms with Crippen molar-refractivity contribution < 1.29 is 9.90 Å². The Bertz CT molecular complexity index is 569. The summed E-state index contributed by atoms with van der Waals surface area (Å²) in [6, 6.07) is 4.72. The molecule has 1 unspecified atom stereocenters.